The van der Waals surface area contributed by atoms with Gasteiger partial charge in [0.1, 0.15) is 9.84 Å². The van der Waals surface area contributed by atoms with Crippen LogP contribution in [0.3, 0.4) is 0 Å². The van der Waals surface area contributed by atoms with Gasteiger partial charge in [0.05, 0.1) is 5.75 Å². The lowest BCUT2D eigenvalue weighted by Crippen LogP contribution is -2.29. The van der Waals surface area contributed by atoms with Crippen molar-refractivity contribution in [3.63, 3.8) is 0 Å². The topological polar surface area (TPSA) is 46.2 Å². The Labute approximate surface area is 103 Å². The van der Waals surface area contributed by atoms with Crippen molar-refractivity contribution in [2.75, 3.05) is 18.6 Å². The molecule has 2 rings (SSSR count). The minimum atomic E-state index is -2.86. The number of rotatable bonds is 4. The summed E-state index contributed by atoms with van der Waals surface area (Å²) in [6.45, 7) is 0.540. The fourth-order valence-corrected chi connectivity index (χ4v) is 2.87. The average molecular weight is 253 g/mol. The second-order valence-electron chi connectivity index (χ2n) is 4.73. The maximum Gasteiger partial charge on any atom is 0.148 e. The van der Waals surface area contributed by atoms with E-state index in [1.165, 1.54) is 23.8 Å². The molecule has 0 heterocycles. The van der Waals surface area contributed by atoms with E-state index < -0.39 is 9.84 Å². The summed E-state index contributed by atoms with van der Waals surface area (Å²) in [6.07, 6.45) is 4.69. The minimum absolute atomic E-state index is 0.214. The molecule has 0 saturated carbocycles. The summed E-state index contributed by atoms with van der Waals surface area (Å²) in [5.74, 6) is 0.214. The fraction of sp³-hybridized carbons (Fsp3) is 0.538. The average Bonchev–Trinajstić information content (AvgIpc) is 2.28. The van der Waals surface area contributed by atoms with Crippen LogP contribution in [-0.2, 0) is 16.3 Å². The van der Waals surface area contributed by atoms with Crippen molar-refractivity contribution >= 4 is 9.84 Å². The first kappa shape index (κ1) is 12.6. The van der Waals surface area contributed by atoms with E-state index >= 15 is 0 Å². The molecule has 0 aliphatic heterocycles. The maximum absolute atomic E-state index is 11.1. The molecule has 0 fully saturated rings. The Bertz CT molecular complexity index is 482. The van der Waals surface area contributed by atoms with Crippen LogP contribution in [-0.4, -0.2) is 27.0 Å². The van der Waals surface area contributed by atoms with Gasteiger partial charge in [-0.05, 0) is 30.4 Å². The minimum Gasteiger partial charge on any atom is -0.309 e. The van der Waals surface area contributed by atoms with E-state index in [0.29, 0.717) is 12.6 Å². The summed E-state index contributed by atoms with van der Waals surface area (Å²) in [4.78, 5) is 0. The van der Waals surface area contributed by atoms with Crippen LogP contribution in [0.1, 0.15) is 30.0 Å². The summed E-state index contributed by atoms with van der Waals surface area (Å²) >= 11 is 0. The molecule has 1 aromatic carbocycles. The van der Waals surface area contributed by atoms with Crippen molar-refractivity contribution in [2.24, 2.45) is 0 Å². The molecule has 0 bridgehead atoms. The first-order chi connectivity index (χ1) is 8.06. The molecule has 1 atom stereocenters. The Morgan fingerprint density at radius 3 is 2.88 bits per heavy atom. The summed E-state index contributed by atoms with van der Waals surface area (Å²) in [5, 5.41) is 3.36. The Morgan fingerprint density at radius 1 is 1.35 bits per heavy atom. The zero-order valence-corrected chi connectivity index (χ0v) is 11.0. The predicted molar refractivity (Wildman–Crippen MR) is 69.8 cm³/mol. The van der Waals surface area contributed by atoms with E-state index in [-0.39, 0.29) is 5.75 Å². The highest BCUT2D eigenvalue weighted by Crippen LogP contribution is 2.29. The molecule has 1 aliphatic rings. The van der Waals surface area contributed by atoms with Crippen LogP contribution in [0.5, 0.6) is 0 Å². The highest BCUT2D eigenvalue weighted by Gasteiger charge is 2.19. The van der Waals surface area contributed by atoms with Crippen LogP contribution >= 0.6 is 0 Å². The zero-order valence-electron chi connectivity index (χ0n) is 10.1. The number of fused-ring (bicyclic) bond motifs is 1. The van der Waals surface area contributed by atoms with Crippen molar-refractivity contribution in [2.45, 2.75) is 25.3 Å². The van der Waals surface area contributed by atoms with Gasteiger partial charge < -0.3 is 5.32 Å². The van der Waals surface area contributed by atoms with Gasteiger partial charge in [-0.15, -0.1) is 0 Å². The molecular weight excluding hydrogens is 234 g/mol. The highest BCUT2D eigenvalue weighted by molar-refractivity contribution is 7.90. The molecule has 0 spiro atoms. The largest absolute Gasteiger partial charge is 0.309 e. The lowest BCUT2D eigenvalue weighted by molar-refractivity contribution is 0.471. The van der Waals surface area contributed by atoms with E-state index in [9.17, 15) is 8.42 Å². The standard InChI is InChI=1S/C13H19NO2S/c1-17(15,16)10-9-14-13-8-4-6-11-5-2-3-7-12(11)13/h2-3,5,7,13-14H,4,6,8-10H2,1H3. The Hall–Kier alpha value is -0.870. The smallest absolute Gasteiger partial charge is 0.148 e. The fourth-order valence-electron chi connectivity index (χ4n) is 2.38. The molecule has 4 heteroatoms. The second-order valence-corrected chi connectivity index (χ2v) is 6.99. The Kier molecular flexibility index (Phi) is 3.84. The molecule has 3 nitrogen and oxygen atoms in total. The highest BCUT2D eigenvalue weighted by atomic mass is 32.2. The van der Waals surface area contributed by atoms with Gasteiger partial charge in [0.25, 0.3) is 0 Å². The maximum atomic E-state index is 11.1. The van der Waals surface area contributed by atoms with E-state index in [4.69, 9.17) is 0 Å². The molecule has 0 saturated heterocycles. The van der Waals surface area contributed by atoms with Crippen LogP contribution in [0, 0.1) is 0 Å². The molecule has 0 amide bonds. The summed E-state index contributed by atoms with van der Waals surface area (Å²) in [7, 11) is -2.86. The molecule has 1 aliphatic carbocycles. The van der Waals surface area contributed by atoms with E-state index in [0.717, 1.165) is 12.8 Å². The van der Waals surface area contributed by atoms with Crippen molar-refractivity contribution in [3.8, 4) is 0 Å². The molecule has 0 aromatic heterocycles. The van der Waals surface area contributed by atoms with Gasteiger partial charge in [0.15, 0.2) is 0 Å². The van der Waals surface area contributed by atoms with Gasteiger partial charge in [-0.2, -0.15) is 0 Å². The van der Waals surface area contributed by atoms with Gasteiger partial charge in [0.2, 0.25) is 0 Å². The van der Waals surface area contributed by atoms with Crippen LogP contribution in [0.2, 0.25) is 0 Å². The third-order valence-electron chi connectivity index (χ3n) is 3.23. The third-order valence-corrected chi connectivity index (χ3v) is 4.18. The number of hydrogen-bond donors (Lipinski definition) is 1. The van der Waals surface area contributed by atoms with Gasteiger partial charge in [-0.25, -0.2) is 8.42 Å². The molecule has 1 N–H and O–H groups in total. The Morgan fingerprint density at radius 2 is 2.12 bits per heavy atom. The predicted octanol–water partition coefficient (Wildman–Crippen LogP) is 1.70. The lowest BCUT2D eigenvalue weighted by Gasteiger charge is -2.26. The number of benzene rings is 1. The normalized spacial score (nSPS) is 19.9. The van der Waals surface area contributed by atoms with E-state index in [1.54, 1.807) is 0 Å². The SMILES string of the molecule is CS(=O)(=O)CCNC1CCCc2ccccc21. The summed E-state index contributed by atoms with van der Waals surface area (Å²) in [5.41, 5.74) is 2.74. The summed E-state index contributed by atoms with van der Waals surface area (Å²) in [6, 6.07) is 8.75. The molecule has 17 heavy (non-hydrogen) atoms. The van der Waals surface area contributed by atoms with Crippen LogP contribution in [0.4, 0.5) is 0 Å². The molecule has 0 radical (unpaired) electrons. The van der Waals surface area contributed by atoms with Crippen molar-refractivity contribution in [3.05, 3.63) is 35.4 Å². The van der Waals surface area contributed by atoms with Gasteiger partial charge >= 0.3 is 0 Å². The lowest BCUT2D eigenvalue weighted by atomic mass is 9.88. The monoisotopic (exact) mass is 253 g/mol. The molecular formula is C13H19NO2S. The molecule has 1 aromatic rings. The molecule has 1 unspecified atom stereocenters. The summed E-state index contributed by atoms with van der Waals surface area (Å²) < 4.78 is 22.2. The van der Waals surface area contributed by atoms with Crippen LogP contribution in [0.15, 0.2) is 24.3 Å². The van der Waals surface area contributed by atoms with Crippen molar-refractivity contribution < 1.29 is 8.42 Å². The Balaban J connectivity index is 1.99. The second kappa shape index (κ2) is 5.19. The van der Waals surface area contributed by atoms with Gasteiger partial charge in [-0.3, -0.25) is 0 Å². The van der Waals surface area contributed by atoms with E-state index in [2.05, 4.69) is 29.6 Å². The first-order valence-corrected chi connectivity index (χ1v) is 8.11. The van der Waals surface area contributed by atoms with Crippen molar-refractivity contribution in [1.82, 2.24) is 5.32 Å². The quantitative estimate of drug-likeness (QED) is 0.888. The third kappa shape index (κ3) is 3.54. The van der Waals surface area contributed by atoms with E-state index in [1.807, 2.05) is 0 Å². The number of hydrogen-bond acceptors (Lipinski definition) is 3. The van der Waals surface area contributed by atoms with Crippen molar-refractivity contribution in [1.29, 1.82) is 0 Å². The number of nitrogens with one attached hydrogen (secondary N) is 1. The number of sulfone groups is 1. The van der Waals surface area contributed by atoms with Crippen LogP contribution in [0.25, 0.3) is 0 Å². The molecule has 94 valence electrons. The number of aryl methyl sites for hydroxylation is 1. The van der Waals surface area contributed by atoms with Gasteiger partial charge in [0, 0.05) is 18.8 Å². The first-order valence-electron chi connectivity index (χ1n) is 6.05. The zero-order chi connectivity index (χ0) is 12.3. The van der Waals surface area contributed by atoms with Gasteiger partial charge in [-0.1, -0.05) is 24.3 Å². The van der Waals surface area contributed by atoms with Crippen LogP contribution < -0.4 is 5.32 Å².